The second-order valence-corrected chi connectivity index (χ2v) is 9.06. The van der Waals surface area contributed by atoms with Gasteiger partial charge in [0, 0.05) is 23.5 Å². The minimum absolute atomic E-state index is 0.353. The fraction of sp³-hybridized carbons (Fsp3) is 0.231. The zero-order valence-corrected chi connectivity index (χ0v) is 18.3. The Balaban J connectivity index is 1.46. The van der Waals surface area contributed by atoms with Crippen LogP contribution in [0.15, 0.2) is 79.1 Å². The minimum atomic E-state index is -0.370. The monoisotopic (exact) mass is 408 g/mol. The summed E-state index contributed by atoms with van der Waals surface area (Å²) in [6.07, 6.45) is 3.67. The molecule has 1 aliphatic rings. The molecule has 0 unspecified atom stereocenters. The molecular formula is C26H25BN2O2. The highest BCUT2D eigenvalue weighted by atomic mass is 16.7. The predicted molar refractivity (Wildman–Crippen MR) is 126 cm³/mol. The highest BCUT2D eigenvalue weighted by Crippen LogP contribution is 2.36. The van der Waals surface area contributed by atoms with E-state index in [2.05, 4.69) is 81.2 Å². The molecule has 4 nitrogen and oxygen atoms in total. The van der Waals surface area contributed by atoms with E-state index in [0.717, 1.165) is 38.8 Å². The van der Waals surface area contributed by atoms with Crippen molar-refractivity contribution in [3.63, 3.8) is 0 Å². The summed E-state index contributed by atoms with van der Waals surface area (Å²) in [4.78, 5) is 9.13. The Labute approximate surface area is 183 Å². The lowest BCUT2D eigenvalue weighted by Crippen LogP contribution is -2.41. The van der Waals surface area contributed by atoms with Gasteiger partial charge in [0.1, 0.15) is 0 Å². The minimum Gasteiger partial charge on any atom is -0.399 e. The Bertz CT molecular complexity index is 1240. The second-order valence-electron chi connectivity index (χ2n) is 9.06. The van der Waals surface area contributed by atoms with E-state index < -0.39 is 0 Å². The van der Waals surface area contributed by atoms with Crippen molar-refractivity contribution in [2.75, 3.05) is 0 Å². The van der Waals surface area contributed by atoms with E-state index in [1.54, 1.807) is 6.20 Å². The highest BCUT2D eigenvalue weighted by Gasteiger charge is 2.51. The van der Waals surface area contributed by atoms with E-state index in [4.69, 9.17) is 14.3 Å². The van der Waals surface area contributed by atoms with Crippen LogP contribution in [-0.2, 0) is 9.31 Å². The van der Waals surface area contributed by atoms with Crippen LogP contribution in [0, 0.1) is 0 Å². The molecule has 1 fully saturated rings. The Morgan fingerprint density at radius 2 is 1.48 bits per heavy atom. The SMILES string of the molecule is CC1(C)OB(c2ccc3nc(-c4cccc(-c5cccnc5)c4)ccc3c2)OC1(C)C. The molecule has 3 heterocycles. The standard InChI is InChI=1S/C26H25BN2O2/c1-25(2)26(3,4)31-27(30-25)22-11-13-24-20(16-22)10-12-23(29-24)19-8-5-7-18(15-19)21-9-6-14-28-17-21/h5-17H,1-4H3. The molecule has 4 aromatic rings. The summed E-state index contributed by atoms with van der Waals surface area (Å²) >= 11 is 0. The van der Waals surface area contributed by atoms with E-state index in [1.807, 2.05) is 24.4 Å². The molecule has 0 N–H and O–H groups in total. The summed E-state index contributed by atoms with van der Waals surface area (Å²) in [5.74, 6) is 0. The number of hydrogen-bond acceptors (Lipinski definition) is 4. The van der Waals surface area contributed by atoms with Gasteiger partial charge in [-0.15, -0.1) is 0 Å². The van der Waals surface area contributed by atoms with Gasteiger partial charge in [-0.2, -0.15) is 0 Å². The summed E-state index contributed by atoms with van der Waals surface area (Å²) < 4.78 is 12.4. The smallest absolute Gasteiger partial charge is 0.399 e. The van der Waals surface area contributed by atoms with Gasteiger partial charge in [-0.1, -0.05) is 42.5 Å². The third-order valence-electron chi connectivity index (χ3n) is 6.39. The molecule has 154 valence electrons. The van der Waals surface area contributed by atoms with Crippen molar-refractivity contribution in [2.24, 2.45) is 0 Å². The van der Waals surface area contributed by atoms with E-state index in [1.165, 1.54) is 0 Å². The lowest BCUT2D eigenvalue weighted by molar-refractivity contribution is 0.00578. The van der Waals surface area contributed by atoms with Gasteiger partial charge < -0.3 is 9.31 Å². The normalized spacial score (nSPS) is 17.2. The molecule has 0 radical (unpaired) electrons. The van der Waals surface area contributed by atoms with Crippen molar-refractivity contribution in [1.29, 1.82) is 0 Å². The maximum atomic E-state index is 6.20. The fourth-order valence-electron chi connectivity index (χ4n) is 3.82. The van der Waals surface area contributed by atoms with Gasteiger partial charge in [0.25, 0.3) is 0 Å². The summed E-state index contributed by atoms with van der Waals surface area (Å²) in [6, 6.07) is 22.8. The fourth-order valence-corrected chi connectivity index (χ4v) is 3.82. The molecule has 0 atom stereocenters. The van der Waals surface area contributed by atoms with E-state index >= 15 is 0 Å². The quantitative estimate of drug-likeness (QED) is 0.434. The van der Waals surface area contributed by atoms with E-state index in [9.17, 15) is 0 Å². The lowest BCUT2D eigenvalue weighted by atomic mass is 9.78. The Kier molecular flexibility index (Phi) is 4.69. The molecule has 0 aliphatic carbocycles. The molecule has 0 saturated carbocycles. The highest BCUT2D eigenvalue weighted by molar-refractivity contribution is 6.62. The number of pyridine rings is 2. The largest absolute Gasteiger partial charge is 0.494 e. The zero-order valence-electron chi connectivity index (χ0n) is 18.3. The molecule has 2 aromatic carbocycles. The molecule has 2 aromatic heterocycles. The number of benzene rings is 2. The first-order valence-corrected chi connectivity index (χ1v) is 10.6. The Morgan fingerprint density at radius 3 is 2.23 bits per heavy atom. The Hall–Kier alpha value is -3.02. The Morgan fingerprint density at radius 1 is 0.742 bits per heavy atom. The second kappa shape index (κ2) is 7.29. The average Bonchev–Trinajstić information content (AvgIpc) is 3.00. The summed E-state index contributed by atoms with van der Waals surface area (Å²) in [5.41, 5.74) is 5.51. The van der Waals surface area contributed by atoms with Crippen LogP contribution in [-0.4, -0.2) is 28.3 Å². The number of aromatic nitrogens is 2. The number of nitrogens with zero attached hydrogens (tertiary/aromatic N) is 2. The van der Waals surface area contributed by atoms with E-state index in [0.29, 0.717) is 0 Å². The molecule has 5 rings (SSSR count). The molecule has 0 bridgehead atoms. The topological polar surface area (TPSA) is 44.2 Å². The van der Waals surface area contributed by atoms with Crippen LogP contribution in [0.3, 0.4) is 0 Å². The summed E-state index contributed by atoms with van der Waals surface area (Å²) in [6.45, 7) is 8.28. The van der Waals surface area contributed by atoms with E-state index in [-0.39, 0.29) is 18.3 Å². The van der Waals surface area contributed by atoms with Crippen molar-refractivity contribution in [2.45, 2.75) is 38.9 Å². The predicted octanol–water partition coefficient (Wildman–Crippen LogP) is 5.26. The average molecular weight is 408 g/mol. The third kappa shape index (κ3) is 3.64. The lowest BCUT2D eigenvalue weighted by Gasteiger charge is -2.32. The number of rotatable bonds is 3. The molecule has 1 saturated heterocycles. The van der Waals surface area contributed by atoms with Crippen LogP contribution in [0.1, 0.15) is 27.7 Å². The molecular weight excluding hydrogens is 383 g/mol. The van der Waals surface area contributed by atoms with Gasteiger partial charge >= 0.3 is 7.12 Å². The van der Waals surface area contributed by atoms with Crippen molar-refractivity contribution in [3.05, 3.63) is 79.1 Å². The van der Waals surface area contributed by atoms with Crippen LogP contribution >= 0.6 is 0 Å². The van der Waals surface area contributed by atoms with Crippen LogP contribution in [0.5, 0.6) is 0 Å². The van der Waals surface area contributed by atoms with Crippen LogP contribution in [0.2, 0.25) is 0 Å². The molecule has 31 heavy (non-hydrogen) atoms. The first-order chi connectivity index (χ1) is 14.8. The van der Waals surface area contributed by atoms with Gasteiger partial charge in [-0.3, -0.25) is 4.98 Å². The first-order valence-electron chi connectivity index (χ1n) is 10.6. The van der Waals surface area contributed by atoms with Crippen molar-refractivity contribution in [3.8, 4) is 22.4 Å². The maximum Gasteiger partial charge on any atom is 0.494 e. The molecule has 1 aliphatic heterocycles. The molecule has 5 heteroatoms. The maximum absolute atomic E-state index is 6.20. The van der Waals surface area contributed by atoms with Crippen molar-refractivity contribution >= 4 is 23.5 Å². The van der Waals surface area contributed by atoms with Crippen molar-refractivity contribution in [1.82, 2.24) is 9.97 Å². The zero-order chi connectivity index (χ0) is 21.6. The van der Waals surface area contributed by atoms with Crippen LogP contribution < -0.4 is 5.46 Å². The number of fused-ring (bicyclic) bond motifs is 1. The molecule has 0 spiro atoms. The van der Waals surface area contributed by atoms with Crippen LogP contribution in [0.25, 0.3) is 33.3 Å². The van der Waals surface area contributed by atoms with Gasteiger partial charge in [0.05, 0.1) is 22.4 Å². The first kappa shape index (κ1) is 19.9. The summed E-state index contributed by atoms with van der Waals surface area (Å²) in [7, 11) is -0.370. The van der Waals surface area contributed by atoms with Gasteiger partial charge in [-0.25, -0.2) is 4.98 Å². The third-order valence-corrected chi connectivity index (χ3v) is 6.39. The summed E-state index contributed by atoms with van der Waals surface area (Å²) in [5, 5.41) is 1.07. The van der Waals surface area contributed by atoms with Crippen molar-refractivity contribution < 1.29 is 9.31 Å². The van der Waals surface area contributed by atoms with Gasteiger partial charge in [0.2, 0.25) is 0 Å². The molecule has 0 amide bonds. The van der Waals surface area contributed by atoms with Crippen LogP contribution in [0.4, 0.5) is 0 Å². The number of hydrogen-bond donors (Lipinski definition) is 0. The van der Waals surface area contributed by atoms with Gasteiger partial charge in [0.15, 0.2) is 0 Å². The van der Waals surface area contributed by atoms with Gasteiger partial charge in [-0.05, 0) is 68.4 Å².